The van der Waals surface area contributed by atoms with Crippen LogP contribution in [0.3, 0.4) is 0 Å². The van der Waals surface area contributed by atoms with Gasteiger partial charge in [0.25, 0.3) is 5.91 Å². The number of hydrogen-bond donors (Lipinski definition) is 1. The van der Waals surface area contributed by atoms with E-state index in [1.807, 2.05) is 0 Å². The molecule has 1 aliphatic carbocycles. The van der Waals surface area contributed by atoms with Crippen molar-refractivity contribution in [2.75, 3.05) is 13.1 Å². The molecule has 29 heavy (non-hydrogen) atoms. The molecule has 1 amide bonds. The van der Waals surface area contributed by atoms with Crippen LogP contribution < -0.4 is 5.73 Å². The first-order valence-electron chi connectivity index (χ1n) is 9.36. The van der Waals surface area contributed by atoms with Crippen LogP contribution in [-0.2, 0) is 11.7 Å². The molecule has 158 valence electrons. The molecule has 2 aromatic rings. The van der Waals surface area contributed by atoms with Crippen molar-refractivity contribution >= 4 is 18.3 Å². The number of benzene rings is 1. The van der Waals surface area contributed by atoms with Crippen LogP contribution in [0.1, 0.15) is 65.7 Å². The minimum atomic E-state index is -4.41. The number of hydrogen-bond acceptors (Lipinski definition) is 5. The highest BCUT2D eigenvalue weighted by molar-refractivity contribution is 5.94. The Labute approximate surface area is 172 Å². The highest BCUT2D eigenvalue weighted by atomic mass is 35.5. The van der Waals surface area contributed by atoms with E-state index >= 15 is 0 Å². The topological polar surface area (TPSA) is 85.2 Å². The summed E-state index contributed by atoms with van der Waals surface area (Å²) in [5.41, 5.74) is 5.24. The molecule has 1 aromatic heterocycles. The highest BCUT2D eigenvalue weighted by Gasteiger charge is 2.40. The number of nitrogens with two attached hydrogens (primary N) is 1. The molecule has 1 saturated carbocycles. The van der Waals surface area contributed by atoms with E-state index in [0.717, 1.165) is 31.4 Å². The second kappa shape index (κ2) is 7.95. The molecular formula is C19H22ClF3N4O2. The summed E-state index contributed by atoms with van der Waals surface area (Å²) in [6.07, 6.45) is -0.329. The van der Waals surface area contributed by atoms with Gasteiger partial charge in [0.05, 0.1) is 11.1 Å². The van der Waals surface area contributed by atoms with Crippen molar-refractivity contribution in [3.05, 3.63) is 47.1 Å². The van der Waals surface area contributed by atoms with Gasteiger partial charge < -0.3 is 15.2 Å². The summed E-state index contributed by atoms with van der Waals surface area (Å²) < 4.78 is 43.4. The van der Waals surface area contributed by atoms with E-state index in [2.05, 4.69) is 10.1 Å². The molecule has 0 atom stereocenters. The molecule has 0 bridgehead atoms. The molecule has 1 aliphatic heterocycles. The summed E-state index contributed by atoms with van der Waals surface area (Å²) >= 11 is 0. The Morgan fingerprint density at radius 3 is 2.31 bits per heavy atom. The van der Waals surface area contributed by atoms with Crippen molar-refractivity contribution < 1.29 is 22.5 Å². The van der Waals surface area contributed by atoms with E-state index in [1.54, 1.807) is 4.90 Å². The maximum Gasteiger partial charge on any atom is 0.416 e. The van der Waals surface area contributed by atoms with Gasteiger partial charge in [0.2, 0.25) is 5.89 Å². The molecule has 1 saturated heterocycles. The van der Waals surface area contributed by atoms with E-state index < -0.39 is 17.3 Å². The Morgan fingerprint density at radius 1 is 1.17 bits per heavy atom. The molecule has 2 fully saturated rings. The van der Waals surface area contributed by atoms with Gasteiger partial charge >= 0.3 is 6.18 Å². The smallest absolute Gasteiger partial charge is 0.339 e. The quantitative estimate of drug-likeness (QED) is 0.799. The van der Waals surface area contributed by atoms with Crippen LogP contribution in [0.5, 0.6) is 0 Å². The van der Waals surface area contributed by atoms with Crippen LogP contribution in [0.15, 0.2) is 28.8 Å². The number of carbonyl (C=O) groups is 1. The third kappa shape index (κ3) is 4.25. The van der Waals surface area contributed by atoms with Gasteiger partial charge in [-0.15, -0.1) is 12.4 Å². The third-order valence-electron chi connectivity index (χ3n) is 5.72. The third-order valence-corrected chi connectivity index (χ3v) is 5.72. The molecular weight excluding hydrogens is 409 g/mol. The molecule has 2 heterocycles. The van der Waals surface area contributed by atoms with Crippen LogP contribution in [0, 0.1) is 0 Å². The summed E-state index contributed by atoms with van der Waals surface area (Å²) in [5, 5.41) is 4.03. The van der Waals surface area contributed by atoms with Crippen molar-refractivity contribution in [2.45, 2.75) is 49.7 Å². The van der Waals surface area contributed by atoms with Crippen LogP contribution in [-0.4, -0.2) is 34.0 Å². The van der Waals surface area contributed by atoms with Gasteiger partial charge in [-0.05, 0) is 56.4 Å². The summed E-state index contributed by atoms with van der Waals surface area (Å²) in [6, 6.07) is 4.31. The van der Waals surface area contributed by atoms with Gasteiger partial charge in [0.1, 0.15) is 0 Å². The lowest BCUT2D eigenvalue weighted by Gasteiger charge is -2.34. The van der Waals surface area contributed by atoms with Crippen LogP contribution in [0.25, 0.3) is 0 Å². The SMILES string of the molecule is Cl.NC1(c2noc(C3CCN(C(=O)c4ccc(C(F)(F)F)cc4)CC3)n2)CCC1. The van der Waals surface area contributed by atoms with Gasteiger partial charge in [-0.2, -0.15) is 18.2 Å². The van der Waals surface area contributed by atoms with E-state index in [0.29, 0.717) is 37.6 Å². The highest BCUT2D eigenvalue weighted by Crippen LogP contribution is 2.38. The number of carbonyl (C=O) groups excluding carboxylic acids is 1. The first-order chi connectivity index (χ1) is 13.3. The number of alkyl halides is 3. The summed E-state index contributed by atoms with van der Waals surface area (Å²) in [5.74, 6) is 0.890. The normalized spacial score (nSPS) is 19.4. The molecule has 1 aromatic carbocycles. The summed E-state index contributed by atoms with van der Waals surface area (Å²) in [7, 11) is 0. The van der Waals surface area contributed by atoms with Crippen LogP contribution in [0.4, 0.5) is 13.2 Å². The molecule has 6 nitrogen and oxygen atoms in total. The lowest BCUT2D eigenvalue weighted by Crippen LogP contribution is -2.44. The van der Waals surface area contributed by atoms with Gasteiger partial charge in [-0.3, -0.25) is 4.79 Å². The van der Waals surface area contributed by atoms with Crippen molar-refractivity contribution in [3.8, 4) is 0 Å². The number of likely N-dealkylation sites (tertiary alicyclic amines) is 1. The number of amides is 1. The summed E-state index contributed by atoms with van der Waals surface area (Å²) in [4.78, 5) is 18.7. The fourth-order valence-corrected chi connectivity index (χ4v) is 3.70. The molecule has 0 radical (unpaired) electrons. The fourth-order valence-electron chi connectivity index (χ4n) is 3.70. The Morgan fingerprint density at radius 2 is 1.79 bits per heavy atom. The van der Waals surface area contributed by atoms with Crippen molar-refractivity contribution in [2.24, 2.45) is 5.73 Å². The average molecular weight is 431 g/mol. The zero-order valence-corrected chi connectivity index (χ0v) is 16.4. The second-order valence-electron chi connectivity index (χ2n) is 7.61. The van der Waals surface area contributed by atoms with Crippen LogP contribution >= 0.6 is 12.4 Å². The van der Waals surface area contributed by atoms with E-state index in [1.165, 1.54) is 12.1 Å². The Bertz CT molecular complexity index is 857. The van der Waals surface area contributed by atoms with Crippen molar-refractivity contribution in [1.29, 1.82) is 0 Å². The van der Waals surface area contributed by atoms with Gasteiger partial charge in [-0.1, -0.05) is 5.16 Å². The Balaban J connectivity index is 0.00000240. The summed E-state index contributed by atoms with van der Waals surface area (Å²) in [6.45, 7) is 0.964. The predicted octanol–water partition coefficient (Wildman–Crippen LogP) is 3.87. The first kappa shape index (κ1) is 21.6. The molecule has 4 rings (SSSR count). The standard InChI is InChI=1S/C19H21F3N4O2.ClH/c20-19(21,22)14-4-2-13(3-5-14)16(27)26-10-6-12(7-11-26)15-24-17(25-28-15)18(23)8-1-9-18;/h2-5,12H,1,6-11,23H2;1H. The molecule has 10 heteroatoms. The van der Waals surface area contributed by atoms with Crippen molar-refractivity contribution in [1.82, 2.24) is 15.0 Å². The number of aromatic nitrogens is 2. The lowest BCUT2D eigenvalue weighted by molar-refractivity contribution is -0.137. The Kier molecular flexibility index (Phi) is 5.91. The average Bonchev–Trinajstić information content (AvgIpc) is 3.15. The fraction of sp³-hybridized carbons (Fsp3) is 0.526. The van der Waals surface area contributed by atoms with E-state index in [9.17, 15) is 18.0 Å². The van der Waals surface area contributed by atoms with Crippen molar-refractivity contribution in [3.63, 3.8) is 0 Å². The van der Waals surface area contributed by atoms with Crippen LogP contribution in [0.2, 0.25) is 0 Å². The lowest BCUT2D eigenvalue weighted by atomic mass is 9.77. The maximum absolute atomic E-state index is 12.7. The largest absolute Gasteiger partial charge is 0.416 e. The van der Waals surface area contributed by atoms with E-state index in [4.69, 9.17) is 10.3 Å². The number of nitrogens with zero attached hydrogens (tertiary/aromatic N) is 3. The van der Waals surface area contributed by atoms with Gasteiger partial charge in [-0.25, -0.2) is 0 Å². The number of piperidine rings is 1. The number of halogens is 4. The predicted molar refractivity (Wildman–Crippen MR) is 101 cm³/mol. The zero-order chi connectivity index (χ0) is 19.9. The minimum absolute atomic E-state index is 0. The van der Waals surface area contributed by atoms with Gasteiger partial charge in [0, 0.05) is 24.6 Å². The molecule has 0 unspecified atom stereocenters. The van der Waals surface area contributed by atoms with Gasteiger partial charge in [0.15, 0.2) is 5.82 Å². The molecule has 2 N–H and O–H groups in total. The zero-order valence-electron chi connectivity index (χ0n) is 15.6. The number of rotatable bonds is 3. The second-order valence-corrected chi connectivity index (χ2v) is 7.61. The minimum Gasteiger partial charge on any atom is -0.339 e. The molecule has 2 aliphatic rings. The maximum atomic E-state index is 12.7. The van der Waals surface area contributed by atoms with E-state index in [-0.39, 0.29) is 29.8 Å². The monoisotopic (exact) mass is 430 g/mol. The molecule has 0 spiro atoms. The Hall–Kier alpha value is -2.13. The first-order valence-corrected chi connectivity index (χ1v) is 9.36.